The van der Waals surface area contributed by atoms with Crippen molar-refractivity contribution in [2.24, 2.45) is 0 Å². The van der Waals surface area contributed by atoms with Gasteiger partial charge in [0.1, 0.15) is 73.2 Å². The van der Waals surface area contributed by atoms with Crippen molar-refractivity contribution >= 4 is 5.91 Å². The first-order valence-corrected chi connectivity index (χ1v) is 22.9. The lowest BCUT2D eigenvalue weighted by atomic mass is 9.96. The Kier molecular flexibility index (Phi) is 27.1. The molecule has 0 saturated carbocycles. The van der Waals surface area contributed by atoms with Gasteiger partial charge in [-0.05, 0) is 38.5 Å². The second kappa shape index (κ2) is 30.9. The third kappa shape index (κ3) is 17.8. The highest BCUT2D eigenvalue weighted by molar-refractivity contribution is 5.76. The molecule has 3 aliphatic rings. The molecule has 0 aromatic rings. The van der Waals surface area contributed by atoms with Crippen LogP contribution in [0.2, 0.25) is 0 Å². The number of allylic oxidation sites excluding steroid dienone is 8. The Morgan fingerprint density at radius 2 is 1.05 bits per heavy atom. The number of rotatable bonds is 29. The van der Waals surface area contributed by atoms with Crippen LogP contribution >= 0.6 is 0 Å². The molecule has 3 heterocycles. The standard InChI is InChI=1S/C45H77NO18/c1-3-5-7-9-11-12-13-14-15-16-17-19-21-23-33(51)46-28(29(50)22-20-18-10-8-6-4-2)27-59-43-39(57)36(54)41(31(25-48)61-43)64-45-40(58)37(55)42(32(26-49)62-45)63-44-38(56)35(53)34(52)30(24-47)60-44/h5,7,11-12,14-15,17,19,28-32,34-45,47-50,52-58H,3-4,6,8-10,13,16,18,20-27H2,1-2H3,(H,46,51)/b7-5-,12-11-,15-14-,19-17-. The lowest BCUT2D eigenvalue weighted by molar-refractivity contribution is -0.379. The van der Waals surface area contributed by atoms with Crippen molar-refractivity contribution in [3.63, 3.8) is 0 Å². The monoisotopic (exact) mass is 920 g/mol. The second-order valence-electron chi connectivity index (χ2n) is 16.5. The van der Waals surface area contributed by atoms with E-state index in [1.54, 1.807) is 0 Å². The van der Waals surface area contributed by atoms with Crippen LogP contribution in [0, 0.1) is 0 Å². The number of ether oxygens (including phenoxy) is 6. The Labute approximate surface area is 376 Å². The van der Waals surface area contributed by atoms with Gasteiger partial charge in [0.15, 0.2) is 18.9 Å². The minimum Gasteiger partial charge on any atom is -0.394 e. The number of aliphatic hydroxyl groups excluding tert-OH is 11. The molecule has 3 fully saturated rings. The van der Waals surface area contributed by atoms with Crippen LogP contribution in [0.4, 0.5) is 0 Å². The summed E-state index contributed by atoms with van der Waals surface area (Å²) in [5.41, 5.74) is 0. The van der Waals surface area contributed by atoms with Crippen LogP contribution in [-0.4, -0.2) is 193 Å². The van der Waals surface area contributed by atoms with E-state index in [2.05, 4.69) is 55.6 Å². The van der Waals surface area contributed by atoms with Crippen LogP contribution in [0.3, 0.4) is 0 Å². The lowest BCUT2D eigenvalue weighted by Crippen LogP contribution is -2.66. The molecule has 64 heavy (non-hydrogen) atoms. The van der Waals surface area contributed by atoms with Gasteiger partial charge in [-0.2, -0.15) is 0 Å². The lowest BCUT2D eigenvalue weighted by Gasteiger charge is -2.48. The minimum atomic E-state index is -1.98. The molecular weight excluding hydrogens is 842 g/mol. The highest BCUT2D eigenvalue weighted by Gasteiger charge is 2.53. The summed E-state index contributed by atoms with van der Waals surface area (Å²) in [7, 11) is 0. The Hall–Kier alpha value is -2.25. The van der Waals surface area contributed by atoms with E-state index in [9.17, 15) is 61.0 Å². The molecule has 3 aliphatic heterocycles. The minimum absolute atomic E-state index is 0.142. The van der Waals surface area contributed by atoms with Gasteiger partial charge >= 0.3 is 0 Å². The first-order valence-electron chi connectivity index (χ1n) is 22.9. The number of unbranched alkanes of at least 4 members (excludes halogenated alkanes) is 5. The molecule has 17 atom stereocenters. The molecule has 3 saturated heterocycles. The molecule has 0 spiro atoms. The van der Waals surface area contributed by atoms with Crippen LogP contribution in [0.1, 0.15) is 97.3 Å². The van der Waals surface area contributed by atoms with E-state index in [1.807, 2.05) is 12.2 Å². The molecule has 1 amide bonds. The maximum Gasteiger partial charge on any atom is 0.220 e. The molecule has 0 bridgehead atoms. The predicted molar refractivity (Wildman–Crippen MR) is 231 cm³/mol. The Morgan fingerprint density at radius 3 is 1.59 bits per heavy atom. The summed E-state index contributed by atoms with van der Waals surface area (Å²) in [5.74, 6) is -0.333. The van der Waals surface area contributed by atoms with Gasteiger partial charge in [-0.3, -0.25) is 4.79 Å². The summed E-state index contributed by atoms with van der Waals surface area (Å²) in [6.45, 7) is 1.46. The predicted octanol–water partition coefficient (Wildman–Crippen LogP) is -0.367. The van der Waals surface area contributed by atoms with E-state index in [4.69, 9.17) is 28.4 Å². The summed E-state index contributed by atoms with van der Waals surface area (Å²) in [6, 6.07) is -0.920. The van der Waals surface area contributed by atoms with Crippen LogP contribution in [0.25, 0.3) is 0 Å². The molecule has 0 radical (unpaired) electrons. The van der Waals surface area contributed by atoms with Crippen molar-refractivity contribution in [3.8, 4) is 0 Å². The van der Waals surface area contributed by atoms with E-state index >= 15 is 0 Å². The molecule has 19 heteroatoms. The normalized spacial score (nSPS) is 34.9. The number of amides is 1. The van der Waals surface area contributed by atoms with Gasteiger partial charge in [-0.1, -0.05) is 101 Å². The topological polar surface area (TPSA) is 307 Å². The van der Waals surface area contributed by atoms with Gasteiger partial charge in [-0.15, -0.1) is 0 Å². The van der Waals surface area contributed by atoms with Crippen LogP contribution in [0.15, 0.2) is 48.6 Å². The van der Waals surface area contributed by atoms with Crippen LogP contribution in [0.5, 0.6) is 0 Å². The van der Waals surface area contributed by atoms with E-state index in [1.165, 1.54) is 0 Å². The number of carbonyl (C=O) groups is 1. The highest BCUT2D eigenvalue weighted by Crippen LogP contribution is 2.33. The third-order valence-corrected chi connectivity index (χ3v) is 11.4. The fourth-order valence-electron chi connectivity index (χ4n) is 7.55. The van der Waals surface area contributed by atoms with Gasteiger partial charge in [0.2, 0.25) is 5.91 Å². The van der Waals surface area contributed by atoms with E-state index in [0.717, 1.165) is 57.8 Å². The Balaban J connectivity index is 1.59. The number of hydrogen-bond acceptors (Lipinski definition) is 18. The molecule has 17 unspecified atom stereocenters. The van der Waals surface area contributed by atoms with Crippen molar-refractivity contribution < 1.29 is 89.4 Å². The molecule has 0 aliphatic carbocycles. The summed E-state index contributed by atoms with van der Waals surface area (Å²) < 4.78 is 33.9. The fourth-order valence-corrected chi connectivity index (χ4v) is 7.55. The molecule has 0 aromatic heterocycles. The zero-order chi connectivity index (χ0) is 47.0. The summed E-state index contributed by atoms with van der Waals surface area (Å²) in [5, 5.41) is 119. The van der Waals surface area contributed by atoms with Gasteiger partial charge < -0.3 is 89.9 Å². The molecule has 370 valence electrons. The number of carbonyl (C=O) groups excluding carboxylic acids is 1. The van der Waals surface area contributed by atoms with Crippen molar-refractivity contribution in [2.75, 3.05) is 26.4 Å². The SMILES string of the molecule is CC/C=C\C/C=C\C/C=C\C/C=C\CCC(=O)NC(COC1OC(CO)C(OC2OC(CO)C(OC3OC(CO)C(O)C(O)C3O)C(O)C2O)C(O)C1O)C(O)CCCCCCCC. The largest absolute Gasteiger partial charge is 0.394 e. The maximum absolute atomic E-state index is 13.1. The van der Waals surface area contributed by atoms with Gasteiger partial charge in [0.05, 0.1) is 38.6 Å². The molecule has 3 rings (SSSR count). The quantitative estimate of drug-likeness (QED) is 0.0337. The Bertz CT molecular complexity index is 1380. The van der Waals surface area contributed by atoms with Gasteiger partial charge in [0.25, 0.3) is 0 Å². The third-order valence-electron chi connectivity index (χ3n) is 11.4. The first kappa shape index (κ1) is 56.1. The highest BCUT2D eigenvalue weighted by atomic mass is 16.8. The Morgan fingerprint density at radius 1 is 0.578 bits per heavy atom. The van der Waals surface area contributed by atoms with E-state index < -0.39 is 124 Å². The van der Waals surface area contributed by atoms with Gasteiger partial charge in [0, 0.05) is 6.42 Å². The molecule has 12 N–H and O–H groups in total. The van der Waals surface area contributed by atoms with Crippen molar-refractivity contribution in [1.82, 2.24) is 5.32 Å². The average Bonchev–Trinajstić information content (AvgIpc) is 3.29. The molecule has 19 nitrogen and oxygen atoms in total. The second-order valence-corrected chi connectivity index (χ2v) is 16.5. The maximum atomic E-state index is 13.1. The zero-order valence-corrected chi connectivity index (χ0v) is 37.2. The fraction of sp³-hybridized carbons (Fsp3) is 0.800. The number of hydrogen-bond donors (Lipinski definition) is 12. The summed E-state index contributed by atoms with van der Waals surface area (Å²) >= 11 is 0. The summed E-state index contributed by atoms with van der Waals surface area (Å²) in [4.78, 5) is 13.1. The van der Waals surface area contributed by atoms with Crippen molar-refractivity contribution in [1.29, 1.82) is 0 Å². The average molecular weight is 920 g/mol. The number of nitrogens with one attached hydrogen (secondary N) is 1. The first-order chi connectivity index (χ1) is 30.8. The smallest absolute Gasteiger partial charge is 0.220 e. The number of aliphatic hydroxyl groups is 11. The zero-order valence-electron chi connectivity index (χ0n) is 37.2. The van der Waals surface area contributed by atoms with Crippen LogP contribution < -0.4 is 5.32 Å². The van der Waals surface area contributed by atoms with Crippen molar-refractivity contribution in [3.05, 3.63) is 48.6 Å². The summed E-state index contributed by atoms with van der Waals surface area (Å²) in [6.07, 6.45) is 0.212. The molecular formula is C45H77NO18. The van der Waals surface area contributed by atoms with E-state index in [-0.39, 0.29) is 18.9 Å². The van der Waals surface area contributed by atoms with Crippen LogP contribution in [-0.2, 0) is 33.2 Å². The van der Waals surface area contributed by atoms with Crippen molar-refractivity contribution in [2.45, 2.75) is 202 Å². The van der Waals surface area contributed by atoms with Gasteiger partial charge in [-0.25, -0.2) is 0 Å². The molecule has 0 aromatic carbocycles. The van der Waals surface area contributed by atoms with E-state index in [0.29, 0.717) is 19.3 Å².